The van der Waals surface area contributed by atoms with Gasteiger partial charge in [0.1, 0.15) is 22.7 Å². The van der Waals surface area contributed by atoms with Crippen molar-refractivity contribution >= 4 is 22.9 Å². The summed E-state index contributed by atoms with van der Waals surface area (Å²) in [5, 5.41) is 3.35. The lowest BCUT2D eigenvalue weighted by Gasteiger charge is -2.44. The third-order valence-corrected chi connectivity index (χ3v) is 7.77. The van der Waals surface area contributed by atoms with E-state index in [4.69, 9.17) is 9.15 Å². The van der Waals surface area contributed by atoms with E-state index in [0.29, 0.717) is 24.4 Å². The molecule has 36 heavy (non-hydrogen) atoms. The number of para-hydroxylation sites is 1. The van der Waals surface area contributed by atoms with E-state index in [0.717, 1.165) is 48.3 Å². The van der Waals surface area contributed by atoms with Crippen LogP contribution in [0.5, 0.6) is 5.75 Å². The molecule has 0 spiro atoms. The molecule has 1 aliphatic heterocycles. The zero-order valence-electron chi connectivity index (χ0n) is 21.6. The number of hydrogen-bond acceptors (Lipinski definition) is 4. The number of carbonyl (C=O) groups excluding carboxylic acids is 2. The van der Waals surface area contributed by atoms with Crippen LogP contribution in [-0.4, -0.2) is 39.5 Å². The molecule has 0 radical (unpaired) electrons. The van der Waals surface area contributed by atoms with E-state index in [9.17, 15) is 9.59 Å². The Morgan fingerprint density at radius 3 is 2.61 bits per heavy atom. The lowest BCUT2D eigenvalue weighted by molar-refractivity contribution is -0.134. The maximum Gasteiger partial charge on any atom is 0.271 e. The first-order valence-electron chi connectivity index (χ1n) is 13.3. The molecule has 1 N–H and O–H groups in total. The number of nitrogens with one attached hydrogen (secondary N) is 1. The number of fused-ring (bicyclic) bond motifs is 3. The number of carbonyl (C=O) groups is 2. The third-order valence-electron chi connectivity index (χ3n) is 7.77. The Labute approximate surface area is 212 Å². The first kappa shape index (κ1) is 24.5. The van der Waals surface area contributed by atoms with Gasteiger partial charge in [0.05, 0.1) is 25.2 Å². The molecule has 1 saturated carbocycles. The van der Waals surface area contributed by atoms with Crippen LogP contribution in [0.2, 0.25) is 0 Å². The first-order valence-corrected chi connectivity index (χ1v) is 13.3. The van der Waals surface area contributed by atoms with Crippen molar-refractivity contribution in [3.8, 4) is 5.75 Å². The Morgan fingerprint density at radius 2 is 1.86 bits per heavy atom. The average molecular weight is 492 g/mol. The standard InChI is InChI=1S/C29H37N3O4/c1-4-35-25-15-11-10-12-21(25)18-32-27(33)24-17-26-23(16-20(2)36-26)31(24)19-29(32,3)28(34)30-22-13-8-6-5-7-9-14-22/h10-12,15-17,22H,4-9,13-14,18-19H2,1-3H3,(H,30,34)/t29-/m0/s1. The summed E-state index contributed by atoms with van der Waals surface area (Å²) in [6, 6.07) is 11.6. The molecule has 2 aromatic heterocycles. The van der Waals surface area contributed by atoms with Crippen molar-refractivity contribution in [1.82, 2.24) is 14.8 Å². The van der Waals surface area contributed by atoms with Crippen molar-refractivity contribution in [2.75, 3.05) is 6.61 Å². The molecule has 5 rings (SSSR count). The van der Waals surface area contributed by atoms with E-state index in [-0.39, 0.29) is 24.4 Å². The molecule has 1 fully saturated rings. The number of furan rings is 1. The molecule has 3 aromatic rings. The van der Waals surface area contributed by atoms with Crippen molar-refractivity contribution < 1.29 is 18.7 Å². The number of hydrogen-bond donors (Lipinski definition) is 1. The fraction of sp³-hybridized carbons (Fsp3) is 0.517. The van der Waals surface area contributed by atoms with Gasteiger partial charge in [0.15, 0.2) is 5.58 Å². The smallest absolute Gasteiger partial charge is 0.271 e. The fourth-order valence-electron chi connectivity index (χ4n) is 5.75. The zero-order chi connectivity index (χ0) is 25.3. The topological polar surface area (TPSA) is 76.7 Å². The second-order valence-corrected chi connectivity index (χ2v) is 10.4. The normalized spacial score (nSPS) is 21.2. The predicted octanol–water partition coefficient (Wildman–Crippen LogP) is 5.59. The van der Waals surface area contributed by atoms with Crippen LogP contribution in [0.15, 0.2) is 40.8 Å². The van der Waals surface area contributed by atoms with Gasteiger partial charge in [0, 0.05) is 23.7 Å². The van der Waals surface area contributed by atoms with E-state index in [1.54, 1.807) is 11.0 Å². The number of rotatable bonds is 6. The Hall–Kier alpha value is -3.22. The van der Waals surface area contributed by atoms with Crippen LogP contribution in [0.4, 0.5) is 0 Å². The van der Waals surface area contributed by atoms with Gasteiger partial charge < -0.3 is 23.9 Å². The van der Waals surface area contributed by atoms with Crippen LogP contribution in [0.3, 0.4) is 0 Å². The number of aromatic nitrogens is 1. The highest BCUT2D eigenvalue weighted by atomic mass is 16.5. The molecule has 2 aliphatic rings. The van der Waals surface area contributed by atoms with E-state index < -0.39 is 5.54 Å². The predicted molar refractivity (Wildman–Crippen MR) is 139 cm³/mol. The number of benzene rings is 1. The van der Waals surface area contributed by atoms with Crippen LogP contribution in [0, 0.1) is 6.92 Å². The molecule has 3 heterocycles. The van der Waals surface area contributed by atoms with Gasteiger partial charge in [-0.05, 0) is 39.7 Å². The molecule has 7 heteroatoms. The van der Waals surface area contributed by atoms with Gasteiger partial charge in [-0.2, -0.15) is 0 Å². The quantitative estimate of drug-likeness (QED) is 0.488. The molecule has 2 amide bonds. The minimum absolute atomic E-state index is 0.0944. The van der Waals surface area contributed by atoms with Gasteiger partial charge in [0.25, 0.3) is 5.91 Å². The lowest BCUT2D eigenvalue weighted by Crippen LogP contribution is -2.64. The van der Waals surface area contributed by atoms with Gasteiger partial charge in [-0.1, -0.05) is 50.3 Å². The molecule has 0 unspecified atom stereocenters. The summed E-state index contributed by atoms with van der Waals surface area (Å²) < 4.78 is 13.6. The van der Waals surface area contributed by atoms with Crippen molar-refractivity contribution in [1.29, 1.82) is 0 Å². The highest BCUT2D eigenvalue weighted by Crippen LogP contribution is 2.36. The minimum Gasteiger partial charge on any atom is -0.494 e. The lowest BCUT2D eigenvalue weighted by atomic mass is 9.91. The van der Waals surface area contributed by atoms with Crippen LogP contribution in [0.1, 0.15) is 80.6 Å². The second-order valence-electron chi connectivity index (χ2n) is 10.4. The van der Waals surface area contributed by atoms with E-state index in [1.165, 1.54) is 19.3 Å². The second kappa shape index (κ2) is 10.0. The Balaban J connectivity index is 1.52. The maximum atomic E-state index is 14.0. The minimum atomic E-state index is -1.07. The monoisotopic (exact) mass is 491 g/mol. The molecular weight excluding hydrogens is 454 g/mol. The van der Waals surface area contributed by atoms with E-state index in [1.807, 2.05) is 55.7 Å². The number of ether oxygens (including phenoxy) is 1. The van der Waals surface area contributed by atoms with Crippen LogP contribution in [-0.2, 0) is 17.9 Å². The van der Waals surface area contributed by atoms with Gasteiger partial charge in [-0.15, -0.1) is 0 Å². The van der Waals surface area contributed by atoms with Crippen LogP contribution >= 0.6 is 0 Å². The largest absolute Gasteiger partial charge is 0.494 e. The van der Waals surface area contributed by atoms with Crippen LogP contribution < -0.4 is 10.1 Å². The van der Waals surface area contributed by atoms with Gasteiger partial charge in [-0.25, -0.2) is 0 Å². The zero-order valence-corrected chi connectivity index (χ0v) is 21.6. The summed E-state index contributed by atoms with van der Waals surface area (Å²) in [7, 11) is 0. The molecule has 1 aliphatic carbocycles. The molecule has 192 valence electrons. The number of amides is 2. The Bertz CT molecular complexity index is 1250. The number of nitrogens with zero attached hydrogens (tertiary/aromatic N) is 2. The summed E-state index contributed by atoms with van der Waals surface area (Å²) >= 11 is 0. The first-order chi connectivity index (χ1) is 17.4. The van der Waals surface area contributed by atoms with Crippen molar-refractivity contribution in [2.45, 2.75) is 90.4 Å². The summed E-state index contributed by atoms with van der Waals surface area (Å²) in [6.07, 6.45) is 7.94. The summed E-state index contributed by atoms with van der Waals surface area (Å²) in [5.41, 5.74) is 1.90. The van der Waals surface area contributed by atoms with Gasteiger partial charge >= 0.3 is 0 Å². The highest BCUT2D eigenvalue weighted by Gasteiger charge is 2.48. The number of aryl methyl sites for hydroxylation is 1. The highest BCUT2D eigenvalue weighted by molar-refractivity contribution is 6.03. The van der Waals surface area contributed by atoms with Crippen molar-refractivity contribution in [3.63, 3.8) is 0 Å². The van der Waals surface area contributed by atoms with Gasteiger partial charge in [-0.3, -0.25) is 9.59 Å². The molecule has 7 nitrogen and oxygen atoms in total. The fourth-order valence-corrected chi connectivity index (χ4v) is 5.75. The SMILES string of the molecule is CCOc1ccccc1CN1C(=O)c2cc3oc(C)cc3n2C[C@@]1(C)C(=O)NC1CCCCCCC1. The third kappa shape index (κ3) is 4.51. The molecule has 1 atom stereocenters. The van der Waals surface area contributed by atoms with E-state index in [2.05, 4.69) is 5.32 Å². The summed E-state index contributed by atoms with van der Waals surface area (Å²) in [5.74, 6) is 1.26. The van der Waals surface area contributed by atoms with Crippen molar-refractivity contribution in [3.05, 3.63) is 53.4 Å². The van der Waals surface area contributed by atoms with Gasteiger partial charge in [0.2, 0.25) is 5.91 Å². The molecule has 0 saturated heterocycles. The molecule has 1 aromatic carbocycles. The average Bonchev–Trinajstić information content (AvgIpc) is 3.36. The Morgan fingerprint density at radius 1 is 1.14 bits per heavy atom. The molecule has 0 bridgehead atoms. The summed E-state index contributed by atoms with van der Waals surface area (Å²) in [6.45, 7) is 6.92. The van der Waals surface area contributed by atoms with Crippen LogP contribution in [0.25, 0.3) is 11.1 Å². The Kier molecular flexibility index (Phi) is 6.82. The van der Waals surface area contributed by atoms with E-state index >= 15 is 0 Å². The molecular formula is C29H37N3O4. The maximum absolute atomic E-state index is 14.0. The summed E-state index contributed by atoms with van der Waals surface area (Å²) in [4.78, 5) is 29.8. The van der Waals surface area contributed by atoms with Crippen molar-refractivity contribution in [2.24, 2.45) is 0 Å².